The molecule has 0 aromatic heterocycles. The summed E-state index contributed by atoms with van der Waals surface area (Å²) in [6, 6.07) is 0. The van der Waals surface area contributed by atoms with Gasteiger partial charge < -0.3 is 10.5 Å². The average molecular weight is 104 g/mol. The Bertz CT molecular complexity index is 39.0. The maximum absolute atomic E-state index is 10.0. The molecule has 0 aromatic rings. The summed E-state index contributed by atoms with van der Waals surface area (Å²) in [6.07, 6.45) is -1.44. The molecule has 0 saturated carbocycles. The van der Waals surface area contributed by atoms with E-state index in [-0.39, 0.29) is 0 Å². The highest BCUT2D eigenvalue weighted by atomic mass is 16.6. The van der Waals surface area contributed by atoms with Crippen LogP contribution in [0.25, 0.3) is 0 Å². The second-order valence-corrected chi connectivity index (χ2v) is 1.41. The Hall–Kier alpha value is -0.120. The van der Waals surface area contributed by atoms with Crippen molar-refractivity contribution in [2.45, 2.75) is 26.4 Å². The van der Waals surface area contributed by atoms with E-state index >= 15 is 0 Å². The van der Waals surface area contributed by atoms with Gasteiger partial charge in [-0.25, -0.2) is 5.11 Å². The molecule has 0 aromatic carbocycles. The predicted octanol–water partition coefficient (Wildman–Crippen LogP) is 0.0842. The number of rotatable bonds is 2. The van der Waals surface area contributed by atoms with Crippen molar-refractivity contribution in [3.8, 4) is 0 Å². The third-order valence-electron chi connectivity index (χ3n) is 0.406. The van der Waals surface area contributed by atoms with E-state index in [2.05, 4.69) is 4.74 Å². The van der Waals surface area contributed by atoms with Crippen LogP contribution in [0.5, 0.6) is 0 Å². The van der Waals surface area contributed by atoms with Crippen molar-refractivity contribution in [1.82, 2.24) is 0 Å². The molecule has 0 heterocycles. The molecule has 7 heavy (non-hydrogen) atoms. The first-order valence-electron chi connectivity index (χ1n) is 2.20. The zero-order valence-electron chi connectivity index (χ0n) is 4.55. The Balaban J connectivity index is 2.95. The van der Waals surface area contributed by atoms with Gasteiger partial charge in [0.2, 0.25) is 0 Å². The lowest BCUT2D eigenvalue weighted by Gasteiger charge is -2.06. The molecular formula is C4H10NO2. The van der Waals surface area contributed by atoms with Crippen LogP contribution in [0.1, 0.15) is 13.8 Å². The summed E-state index contributed by atoms with van der Waals surface area (Å²) in [5.74, 6) is 0. The normalized spacial score (nSPS) is 18.9. The molecule has 0 spiro atoms. The molecule has 0 amide bonds. The molecule has 0 rings (SSSR count). The third-order valence-corrected chi connectivity index (χ3v) is 0.406. The second-order valence-electron chi connectivity index (χ2n) is 1.41. The first kappa shape index (κ1) is 6.88. The van der Waals surface area contributed by atoms with Gasteiger partial charge >= 0.3 is 0 Å². The highest BCUT2D eigenvalue weighted by molar-refractivity contribution is 4.31. The van der Waals surface area contributed by atoms with Gasteiger partial charge in [-0.1, -0.05) is 0 Å². The van der Waals surface area contributed by atoms with Gasteiger partial charge in [-0.3, -0.25) is 0 Å². The van der Waals surface area contributed by atoms with Crippen LogP contribution in [-0.2, 0) is 9.84 Å². The van der Waals surface area contributed by atoms with Crippen LogP contribution in [0.4, 0.5) is 0 Å². The van der Waals surface area contributed by atoms with Crippen molar-refractivity contribution >= 4 is 0 Å². The minimum absolute atomic E-state index is 0.438. The first-order valence-corrected chi connectivity index (χ1v) is 2.20. The number of hydrogen-bond acceptors (Lipinski definition) is 2. The van der Waals surface area contributed by atoms with E-state index in [4.69, 9.17) is 5.73 Å². The summed E-state index contributed by atoms with van der Waals surface area (Å²) < 4.78 is 4.47. The molecule has 0 aliphatic rings. The summed E-state index contributed by atoms with van der Waals surface area (Å²) in [7, 11) is 0. The molecule has 0 bridgehead atoms. The Labute approximate surface area is 43.1 Å². The number of ether oxygens (including phenoxy) is 1. The lowest BCUT2D eigenvalue weighted by Crippen LogP contribution is -2.23. The molecule has 0 saturated heterocycles. The quantitative estimate of drug-likeness (QED) is 0.504. The Morgan fingerprint density at radius 2 is 2.00 bits per heavy atom. The number of hydrogen-bond donors (Lipinski definition) is 1. The molecule has 0 aliphatic carbocycles. The zero-order valence-corrected chi connectivity index (χ0v) is 4.55. The lowest BCUT2D eigenvalue weighted by atomic mass is 10.7. The largest absolute Gasteiger partial charge is 0.332 e. The molecule has 43 valence electrons. The van der Waals surface area contributed by atoms with Gasteiger partial charge in [-0.2, -0.15) is 0 Å². The smallest absolute Gasteiger partial charge is 0.190 e. The maximum atomic E-state index is 10.0. The van der Waals surface area contributed by atoms with Crippen LogP contribution in [0.3, 0.4) is 0 Å². The second kappa shape index (κ2) is 2.96. The van der Waals surface area contributed by atoms with Crippen LogP contribution in [0.2, 0.25) is 0 Å². The molecule has 2 unspecified atom stereocenters. The predicted molar refractivity (Wildman–Crippen MR) is 24.9 cm³/mol. The molecule has 3 nitrogen and oxygen atoms in total. The fourth-order valence-corrected chi connectivity index (χ4v) is 0.302. The molecular weight excluding hydrogens is 94.0 g/mol. The van der Waals surface area contributed by atoms with E-state index in [0.29, 0.717) is 0 Å². The Morgan fingerprint density at radius 1 is 1.57 bits per heavy atom. The van der Waals surface area contributed by atoms with Crippen molar-refractivity contribution in [3.63, 3.8) is 0 Å². The van der Waals surface area contributed by atoms with E-state index in [1.807, 2.05) is 0 Å². The van der Waals surface area contributed by atoms with Gasteiger partial charge in [0.1, 0.15) is 6.23 Å². The van der Waals surface area contributed by atoms with E-state index in [1.54, 1.807) is 6.92 Å². The highest BCUT2D eigenvalue weighted by Crippen LogP contribution is 1.86. The topological polar surface area (TPSA) is 55.1 Å². The molecule has 1 radical (unpaired) electrons. The fraction of sp³-hybridized carbons (Fsp3) is 1.00. The standard InChI is InChI=1S/C4H10NO2/c1-3(5)7-4(2)6/h3-4H,5H2,1-2H3. The van der Waals surface area contributed by atoms with Crippen LogP contribution in [0, 0.1) is 0 Å². The lowest BCUT2D eigenvalue weighted by molar-refractivity contribution is -0.151. The van der Waals surface area contributed by atoms with E-state index in [1.165, 1.54) is 6.92 Å². The summed E-state index contributed by atoms with van der Waals surface area (Å²) in [6.45, 7) is 3.03. The summed E-state index contributed by atoms with van der Waals surface area (Å²) in [4.78, 5) is 0. The van der Waals surface area contributed by atoms with Crippen molar-refractivity contribution in [2.75, 3.05) is 0 Å². The summed E-state index contributed by atoms with van der Waals surface area (Å²) >= 11 is 0. The van der Waals surface area contributed by atoms with E-state index < -0.39 is 12.5 Å². The third kappa shape index (κ3) is 5.88. The van der Waals surface area contributed by atoms with Crippen LogP contribution in [-0.4, -0.2) is 12.5 Å². The van der Waals surface area contributed by atoms with Crippen LogP contribution < -0.4 is 5.73 Å². The van der Waals surface area contributed by atoms with Gasteiger partial charge in [0.15, 0.2) is 6.29 Å². The zero-order chi connectivity index (χ0) is 5.86. The van der Waals surface area contributed by atoms with Gasteiger partial charge in [0, 0.05) is 0 Å². The fourth-order valence-electron chi connectivity index (χ4n) is 0.302. The summed E-state index contributed by atoms with van der Waals surface area (Å²) in [5, 5.41) is 10.0. The van der Waals surface area contributed by atoms with Crippen molar-refractivity contribution in [2.24, 2.45) is 5.73 Å². The Kier molecular flexibility index (Phi) is 2.91. The van der Waals surface area contributed by atoms with Crippen LogP contribution in [0.15, 0.2) is 0 Å². The summed E-state index contributed by atoms with van der Waals surface area (Å²) in [5.41, 5.74) is 5.07. The van der Waals surface area contributed by atoms with Gasteiger partial charge in [0.25, 0.3) is 0 Å². The van der Waals surface area contributed by atoms with Gasteiger partial charge in [-0.05, 0) is 13.8 Å². The van der Waals surface area contributed by atoms with Gasteiger partial charge in [-0.15, -0.1) is 0 Å². The highest BCUT2D eigenvalue weighted by Gasteiger charge is 1.97. The molecule has 0 aliphatic heterocycles. The van der Waals surface area contributed by atoms with Crippen molar-refractivity contribution in [3.05, 3.63) is 0 Å². The first-order chi connectivity index (χ1) is 3.13. The van der Waals surface area contributed by atoms with Crippen molar-refractivity contribution < 1.29 is 9.84 Å². The van der Waals surface area contributed by atoms with Crippen LogP contribution >= 0.6 is 0 Å². The SMILES string of the molecule is CC(N)OC(C)[O]. The van der Waals surface area contributed by atoms with E-state index in [0.717, 1.165) is 0 Å². The minimum atomic E-state index is -1.00. The molecule has 3 heteroatoms. The maximum Gasteiger partial charge on any atom is 0.190 e. The monoisotopic (exact) mass is 104 g/mol. The van der Waals surface area contributed by atoms with Crippen molar-refractivity contribution in [1.29, 1.82) is 0 Å². The molecule has 2 N–H and O–H groups in total. The minimum Gasteiger partial charge on any atom is -0.332 e. The van der Waals surface area contributed by atoms with Gasteiger partial charge in [0.05, 0.1) is 0 Å². The molecule has 2 atom stereocenters. The Morgan fingerprint density at radius 3 is 2.00 bits per heavy atom. The molecule has 0 fully saturated rings. The average Bonchev–Trinajstić information content (AvgIpc) is 1.27. The number of nitrogens with two attached hydrogens (primary N) is 1. The van der Waals surface area contributed by atoms with E-state index in [9.17, 15) is 5.11 Å².